The van der Waals surface area contributed by atoms with Crippen molar-refractivity contribution < 1.29 is 23.5 Å². The van der Waals surface area contributed by atoms with Gasteiger partial charge in [0.05, 0.1) is 24.8 Å². The summed E-state index contributed by atoms with van der Waals surface area (Å²) < 4.78 is 27.9. The molecule has 1 aliphatic heterocycles. The van der Waals surface area contributed by atoms with E-state index in [2.05, 4.69) is 5.10 Å². The van der Waals surface area contributed by atoms with Crippen molar-refractivity contribution in [3.8, 4) is 0 Å². The molecular formula is C17H17F2N3O3. The number of imide groups is 1. The molecule has 1 aromatic carbocycles. The van der Waals surface area contributed by atoms with Crippen LogP contribution in [-0.2, 0) is 23.1 Å². The highest BCUT2D eigenvalue weighted by Gasteiger charge is 2.39. The fourth-order valence-corrected chi connectivity index (χ4v) is 2.96. The Balaban J connectivity index is 1.68. The van der Waals surface area contributed by atoms with Gasteiger partial charge in [0, 0.05) is 19.7 Å². The number of aliphatic hydroxyl groups is 1. The molecule has 0 saturated carbocycles. The lowest BCUT2D eigenvalue weighted by Gasteiger charge is -2.19. The minimum absolute atomic E-state index is 0.0538. The average molecular weight is 349 g/mol. The summed E-state index contributed by atoms with van der Waals surface area (Å²) in [4.78, 5) is 25.5. The molecule has 0 radical (unpaired) electrons. The quantitative estimate of drug-likeness (QED) is 0.827. The zero-order valence-electron chi connectivity index (χ0n) is 13.5. The van der Waals surface area contributed by atoms with Crippen molar-refractivity contribution in [1.82, 2.24) is 14.7 Å². The Bertz CT molecular complexity index is 821. The van der Waals surface area contributed by atoms with E-state index in [-0.39, 0.29) is 30.3 Å². The number of amides is 2. The molecule has 0 aliphatic carbocycles. The van der Waals surface area contributed by atoms with Gasteiger partial charge in [-0.25, -0.2) is 8.78 Å². The average Bonchev–Trinajstić information content (AvgIpc) is 3.08. The van der Waals surface area contributed by atoms with Crippen molar-refractivity contribution >= 4 is 11.8 Å². The Morgan fingerprint density at radius 1 is 1.32 bits per heavy atom. The predicted octanol–water partition coefficient (Wildman–Crippen LogP) is 1.35. The van der Waals surface area contributed by atoms with Gasteiger partial charge in [-0.3, -0.25) is 19.2 Å². The molecular weight excluding hydrogens is 332 g/mol. The molecule has 2 aromatic rings. The predicted molar refractivity (Wildman–Crippen MR) is 83.1 cm³/mol. The Kier molecular flexibility index (Phi) is 4.63. The number of carbonyl (C=O) groups excluding carboxylic acids is 2. The van der Waals surface area contributed by atoms with Crippen LogP contribution in [0.3, 0.4) is 0 Å². The van der Waals surface area contributed by atoms with Gasteiger partial charge in [-0.1, -0.05) is 6.07 Å². The Morgan fingerprint density at radius 3 is 2.72 bits per heavy atom. The molecule has 2 unspecified atom stereocenters. The van der Waals surface area contributed by atoms with Crippen LogP contribution < -0.4 is 0 Å². The van der Waals surface area contributed by atoms with E-state index in [1.165, 1.54) is 6.07 Å². The summed E-state index contributed by atoms with van der Waals surface area (Å²) in [5.74, 6) is -3.39. The summed E-state index contributed by atoms with van der Waals surface area (Å²) in [6.07, 6.45) is 2.57. The van der Waals surface area contributed by atoms with Crippen molar-refractivity contribution in [3.63, 3.8) is 0 Å². The molecule has 1 N–H and O–H groups in total. The number of benzene rings is 1. The molecule has 6 nitrogen and oxygen atoms in total. The lowest BCUT2D eigenvalue weighted by Crippen LogP contribution is -2.34. The first-order valence-corrected chi connectivity index (χ1v) is 7.80. The van der Waals surface area contributed by atoms with Gasteiger partial charge in [-0.15, -0.1) is 0 Å². The molecule has 132 valence electrons. The second-order valence-corrected chi connectivity index (χ2v) is 6.16. The molecule has 2 atom stereocenters. The van der Waals surface area contributed by atoms with Crippen LogP contribution in [0.1, 0.15) is 23.7 Å². The number of hydrogen-bond acceptors (Lipinski definition) is 4. The van der Waals surface area contributed by atoms with E-state index >= 15 is 0 Å². The third kappa shape index (κ3) is 3.58. The number of β-amino-alcohol motifs (C(OH)–C–C–N with tert-alkyl or cyclic N) is 1. The molecule has 1 fully saturated rings. The van der Waals surface area contributed by atoms with Gasteiger partial charge >= 0.3 is 0 Å². The van der Waals surface area contributed by atoms with Crippen LogP contribution in [0.25, 0.3) is 0 Å². The smallest absolute Gasteiger partial charge is 0.233 e. The van der Waals surface area contributed by atoms with E-state index in [4.69, 9.17) is 0 Å². The fraction of sp³-hybridized carbons (Fsp3) is 0.353. The summed E-state index contributed by atoms with van der Waals surface area (Å²) in [6.45, 7) is -0.285. The number of halogens is 2. The maximum atomic E-state index is 13.3. The Labute approximate surface area is 142 Å². The Morgan fingerprint density at radius 2 is 2.08 bits per heavy atom. The molecule has 2 amide bonds. The van der Waals surface area contributed by atoms with E-state index < -0.39 is 23.7 Å². The number of aromatic nitrogens is 2. The van der Waals surface area contributed by atoms with Crippen LogP contribution >= 0.6 is 0 Å². The zero-order valence-corrected chi connectivity index (χ0v) is 13.5. The monoisotopic (exact) mass is 349 g/mol. The lowest BCUT2D eigenvalue weighted by molar-refractivity contribution is -0.141. The summed E-state index contributed by atoms with van der Waals surface area (Å²) in [5, 5.41) is 14.2. The highest BCUT2D eigenvalue weighted by molar-refractivity contribution is 6.03. The molecule has 0 spiro atoms. The zero-order chi connectivity index (χ0) is 18.1. The van der Waals surface area contributed by atoms with Crippen LogP contribution in [0, 0.1) is 17.6 Å². The highest BCUT2D eigenvalue weighted by Crippen LogP contribution is 2.26. The fourth-order valence-electron chi connectivity index (χ4n) is 2.96. The van der Waals surface area contributed by atoms with E-state index in [0.29, 0.717) is 6.42 Å². The van der Waals surface area contributed by atoms with Gasteiger partial charge in [-0.2, -0.15) is 5.10 Å². The summed E-state index contributed by atoms with van der Waals surface area (Å²) in [5.41, 5.74) is 0.951. The first kappa shape index (κ1) is 17.2. The molecule has 1 saturated heterocycles. The van der Waals surface area contributed by atoms with Gasteiger partial charge in [0.15, 0.2) is 11.6 Å². The number of rotatable bonds is 5. The number of nitrogens with zero attached hydrogens (tertiary/aromatic N) is 3. The van der Waals surface area contributed by atoms with Gasteiger partial charge in [0.1, 0.15) is 0 Å². The molecule has 3 rings (SSSR count). The first-order valence-electron chi connectivity index (χ1n) is 7.80. The molecule has 8 heteroatoms. The van der Waals surface area contributed by atoms with Gasteiger partial charge in [0.2, 0.25) is 11.8 Å². The van der Waals surface area contributed by atoms with E-state index in [1.807, 2.05) is 0 Å². The normalized spacial score (nSPS) is 18.9. The second kappa shape index (κ2) is 6.72. The van der Waals surface area contributed by atoms with Crippen molar-refractivity contribution in [1.29, 1.82) is 0 Å². The standard InChI is InChI=1S/C17H17F2N3O3/c1-21-8-10(7-20-21)4-12-6-16(24)22(17(12)25)9-15(23)11-2-3-13(18)14(19)5-11/h2-3,5,7-8,12,15,23H,4,6,9H2,1H3. The van der Waals surface area contributed by atoms with Crippen molar-refractivity contribution in [2.24, 2.45) is 13.0 Å². The second-order valence-electron chi connectivity index (χ2n) is 6.16. The van der Waals surface area contributed by atoms with Crippen molar-refractivity contribution in [2.45, 2.75) is 18.9 Å². The summed E-state index contributed by atoms with van der Waals surface area (Å²) >= 11 is 0. The van der Waals surface area contributed by atoms with Crippen LogP contribution in [0.4, 0.5) is 8.78 Å². The molecule has 1 aliphatic rings. The van der Waals surface area contributed by atoms with Gasteiger partial charge in [0.25, 0.3) is 0 Å². The van der Waals surface area contributed by atoms with Crippen LogP contribution in [-0.4, -0.2) is 38.1 Å². The van der Waals surface area contributed by atoms with E-state index in [1.54, 1.807) is 24.1 Å². The first-order chi connectivity index (χ1) is 11.8. The maximum absolute atomic E-state index is 13.3. The van der Waals surface area contributed by atoms with Crippen molar-refractivity contribution in [3.05, 3.63) is 53.4 Å². The molecule has 0 bridgehead atoms. The molecule has 1 aromatic heterocycles. The largest absolute Gasteiger partial charge is 0.387 e. The number of likely N-dealkylation sites (tertiary alicyclic amines) is 1. The molecule has 2 heterocycles. The van der Waals surface area contributed by atoms with Crippen LogP contribution in [0.2, 0.25) is 0 Å². The summed E-state index contributed by atoms with van der Waals surface area (Å²) in [6, 6.07) is 2.98. The van der Waals surface area contributed by atoms with Crippen molar-refractivity contribution in [2.75, 3.05) is 6.54 Å². The van der Waals surface area contributed by atoms with Crippen LogP contribution in [0.15, 0.2) is 30.6 Å². The van der Waals surface area contributed by atoms with E-state index in [0.717, 1.165) is 22.6 Å². The number of aryl methyl sites for hydroxylation is 1. The minimum atomic E-state index is -1.28. The number of aliphatic hydroxyl groups excluding tert-OH is 1. The van der Waals surface area contributed by atoms with Gasteiger partial charge in [-0.05, 0) is 29.7 Å². The molecule has 25 heavy (non-hydrogen) atoms. The SMILES string of the molecule is Cn1cc(CC2CC(=O)N(CC(O)c3ccc(F)c(F)c3)C2=O)cn1. The van der Waals surface area contributed by atoms with Gasteiger partial charge < -0.3 is 5.11 Å². The lowest BCUT2D eigenvalue weighted by atomic mass is 10.0. The third-order valence-electron chi connectivity index (χ3n) is 4.26. The Hall–Kier alpha value is -2.61. The summed E-state index contributed by atoms with van der Waals surface area (Å²) in [7, 11) is 1.76. The minimum Gasteiger partial charge on any atom is -0.387 e. The number of carbonyl (C=O) groups is 2. The highest BCUT2D eigenvalue weighted by atomic mass is 19.2. The number of hydrogen-bond donors (Lipinski definition) is 1. The van der Waals surface area contributed by atoms with Crippen LogP contribution in [0.5, 0.6) is 0 Å². The topological polar surface area (TPSA) is 75.4 Å². The maximum Gasteiger partial charge on any atom is 0.233 e. The van der Waals surface area contributed by atoms with E-state index in [9.17, 15) is 23.5 Å². The third-order valence-corrected chi connectivity index (χ3v) is 4.26.